The van der Waals surface area contributed by atoms with Crippen molar-refractivity contribution in [2.45, 2.75) is 26.3 Å². The van der Waals surface area contributed by atoms with Crippen molar-refractivity contribution in [1.82, 2.24) is 0 Å². The van der Waals surface area contributed by atoms with Crippen LogP contribution in [0.2, 0.25) is 0 Å². The maximum absolute atomic E-state index is 10.8. The fourth-order valence-corrected chi connectivity index (χ4v) is 1.51. The van der Waals surface area contributed by atoms with Crippen LogP contribution in [0.15, 0.2) is 18.2 Å². The van der Waals surface area contributed by atoms with Crippen molar-refractivity contribution >= 4 is 5.97 Å². The van der Waals surface area contributed by atoms with Crippen molar-refractivity contribution in [3.05, 3.63) is 34.9 Å². The number of benzene rings is 1. The Morgan fingerprint density at radius 3 is 2.71 bits per heavy atom. The number of nitrogens with two attached hydrogens (primary N) is 1. The highest BCUT2D eigenvalue weighted by molar-refractivity contribution is 5.89. The average molecular weight is 193 g/mol. The van der Waals surface area contributed by atoms with Gasteiger partial charge in [-0.1, -0.05) is 19.1 Å². The van der Waals surface area contributed by atoms with Crippen molar-refractivity contribution in [3.8, 4) is 0 Å². The summed E-state index contributed by atoms with van der Waals surface area (Å²) in [6.45, 7) is 3.78. The van der Waals surface area contributed by atoms with E-state index in [1.807, 2.05) is 13.0 Å². The number of rotatable bonds is 3. The number of carboxylic acid groups (broad SMARTS) is 1. The lowest BCUT2D eigenvalue weighted by Gasteiger charge is -2.13. The van der Waals surface area contributed by atoms with Crippen LogP contribution < -0.4 is 5.73 Å². The Labute approximate surface area is 83.6 Å². The van der Waals surface area contributed by atoms with Crippen LogP contribution in [0.5, 0.6) is 0 Å². The van der Waals surface area contributed by atoms with E-state index in [2.05, 4.69) is 0 Å². The quantitative estimate of drug-likeness (QED) is 0.772. The minimum atomic E-state index is -0.896. The Morgan fingerprint density at radius 1 is 1.57 bits per heavy atom. The van der Waals surface area contributed by atoms with E-state index in [4.69, 9.17) is 10.8 Å². The second-order valence-corrected chi connectivity index (χ2v) is 3.34. The van der Waals surface area contributed by atoms with Crippen molar-refractivity contribution < 1.29 is 9.90 Å². The molecule has 0 fully saturated rings. The van der Waals surface area contributed by atoms with Gasteiger partial charge < -0.3 is 10.8 Å². The zero-order valence-electron chi connectivity index (χ0n) is 8.45. The minimum Gasteiger partial charge on any atom is -0.478 e. The number of hydrogen-bond donors (Lipinski definition) is 2. The standard InChI is InChI=1S/C11H15NO2/c1-3-10(12)8-5-4-6-9(7(8)2)11(13)14/h4-6,10H,3,12H2,1-2H3,(H,13,14)/t10-/m1/s1. The molecule has 14 heavy (non-hydrogen) atoms. The zero-order valence-corrected chi connectivity index (χ0v) is 8.45. The van der Waals surface area contributed by atoms with E-state index >= 15 is 0 Å². The van der Waals surface area contributed by atoms with Crippen LogP contribution in [-0.2, 0) is 0 Å². The number of hydrogen-bond acceptors (Lipinski definition) is 2. The summed E-state index contributed by atoms with van der Waals surface area (Å²) in [5, 5.41) is 8.90. The van der Waals surface area contributed by atoms with Gasteiger partial charge >= 0.3 is 5.97 Å². The van der Waals surface area contributed by atoms with Gasteiger partial charge in [0, 0.05) is 6.04 Å². The van der Waals surface area contributed by atoms with Gasteiger partial charge in [0.2, 0.25) is 0 Å². The summed E-state index contributed by atoms with van der Waals surface area (Å²) in [6.07, 6.45) is 0.809. The van der Waals surface area contributed by atoms with E-state index in [-0.39, 0.29) is 6.04 Å². The predicted octanol–water partition coefficient (Wildman–Crippen LogP) is 2.10. The molecule has 3 nitrogen and oxygen atoms in total. The van der Waals surface area contributed by atoms with Gasteiger partial charge in [0.05, 0.1) is 5.56 Å². The van der Waals surface area contributed by atoms with Crippen molar-refractivity contribution in [3.63, 3.8) is 0 Å². The third-order valence-corrected chi connectivity index (χ3v) is 2.45. The topological polar surface area (TPSA) is 63.3 Å². The first kappa shape index (κ1) is 10.7. The summed E-state index contributed by atoms with van der Waals surface area (Å²) in [4.78, 5) is 10.8. The lowest BCUT2D eigenvalue weighted by Crippen LogP contribution is -2.12. The SMILES string of the molecule is CC[C@@H](N)c1cccc(C(=O)O)c1C. The van der Waals surface area contributed by atoms with Gasteiger partial charge in [0.1, 0.15) is 0 Å². The van der Waals surface area contributed by atoms with Crippen LogP contribution in [0.3, 0.4) is 0 Å². The Bertz CT molecular complexity index is 347. The summed E-state index contributed by atoms with van der Waals surface area (Å²) >= 11 is 0. The molecule has 0 amide bonds. The summed E-state index contributed by atoms with van der Waals surface area (Å²) in [5.74, 6) is -0.896. The summed E-state index contributed by atoms with van der Waals surface area (Å²) in [5.41, 5.74) is 7.91. The van der Waals surface area contributed by atoms with Gasteiger partial charge in [-0.05, 0) is 30.5 Å². The van der Waals surface area contributed by atoms with Gasteiger partial charge in [-0.3, -0.25) is 0 Å². The lowest BCUT2D eigenvalue weighted by molar-refractivity contribution is 0.0696. The molecule has 0 saturated heterocycles. The van der Waals surface area contributed by atoms with Crippen LogP contribution in [0.25, 0.3) is 0 Å². The second-order valence-electron chi connectivity index (χ2n) is 3.34. The Morgan fingerprint density at radius 2 is 2.21 bits per heavy atom. The summed E-state index contributed by atoms with van der Waals surface area (Å²) in [7, 11) is 0. The van der Waals surface area contributed by atoms with Crippen LogP contribution in [0.4, 0.5) is 0 Å². The van der Waals surface area contributed by atoms with E-state index < -0.39 is 5.97 Å². The molecule has 0 spiro atoms. The van der Waals surface area contributed by atoms with E-state index in [1.165, 1.54) is 0 Å². The molecule has 1 rings (SSSR count). The molecule has 3 N–H and O–H groups in total. The fraction of sp³-hybridized carbons (Fsp3) is 0.364. The zero-order chi connectivity index (χ0) is 10.7. The highest BCUT2D eigenvalue weighted by Crippen LogP contribution is 2.21. The predicted molar refractivity (Wildman–Crippen MR) is 55.4 cm³/mol. The molecule has 1 aromatic carbocycles. The van der Waals surface area contributed by atoms with Crippen molar-refractivity contribution in [1.29, 1.82) is 0 Å². The lowest BCUT2D eigenvalue weighted by atomic mass is 9.96. The third kappa shape index (κ3) is 1.93. The average Bonchev–Trinajstić information content (AvgIpc) is 2.16. The van der Waals surface area contributed by atoms with E-state index in [0.29, 0.717) is 5.56 Å². The molecule has 0 aliphatic heterocycles. The number of aromatic carboxylic acids is 1. The van der Waals surface area contributed by atoms with Gasteiger partial charge in [0.25, 0.3) is 0 Å². The molecule has 0 radical (unpaired) electrons. The molecule has 0 aliphatic carbocycles. The molecule has 0 aliphatic rings. The second kappa shape index (κ2) is 4.24. The van der Waals surface area contributed by atoms with Crippen molar-refractivity contribution in [2.75, 3.05) is 0 Å². The Hall–Kier alpha value is -1.35. The van der Waals surface area contributed by atoms with Gasteiger partial charge in [0.15, 0.2) is 0 Å². The number of carboxylic acids is 1. The van der Waals surface area contributed by atoms with Gasteiger partial charge in [-0.2, -0.15) is 0 Å². The Kier molecular flexibility index (Phi) is 3.25. The smallest absolute Gasteiger partial charge is 0.335 e. The first-order chi connectivity index (χ1) is 6.57. The monoisotopic (exact) mass is 193 g/mol. The highest BCUT2D eigenvalue weighted by Gasteiger charge is 2.13. The molecular formula is C11H15NO2. The molecule has 0 bridgehead atoms. The van der Waals surface area contributed by atoms with Crippen LogP contribution in [0, 0.1) is 6.92 Å². The number of carbonyl (C=O) groups is 1. The largest absolute Gasteiger partial charge is 0.478 e. The Balaban J connectivity index is 3.20. The molecule has 76 valence electrons. The summed E-state index contributed by atoms with van der Waals surface area (Å²) < 4.78 is 0. The highest BCUT2D eigenvalue weighted by atomic mass is 16.4. The molecule has 0 unspecified atom stereocenters. The third-order valence-electron chi connectivity index (χ3n) is 2.45. The molecule has 0 saturated carbocycles. The molecule has 0 aromatic heterocycles. The van der Waals surface area contributed by atoms with Crippen LogP contribution >= 0.6 is 0 Å². The molecular weight excluding hydrogens is 178 g/mol. The first-order valence-electron chi connectivity index (χ1n) is 4.66. The minimum absolute atomic E-state index is 0.0747. The van der Waals surface area contributed by atoms with Crippen LogP contribution in [0.1, 0.15) is 40.9 Å². The van der Waals surface area contributed by atoms with E-state index in [0.717, 1.165) is 17.5 Å². The molecule has 0 heterocycles. The maximum atomic E-state index is 10.8. The van der Waals surface area contributed by atoms with Gasteiger partial charge in [-0.25, -0.2) is 4.79 Å². The first-order valence-corrected chi connectivity index (χ1v) is 4.66. The van der Waals surface area contributed by atoms with Crippen molar-refractivity contribution in [2.24, 2.45) is 5.73 Å². The summed E-state index contributed by atoms with van der Waals surface area (Å²) in [6, 6.07) is 5.15. The maximum Gasteiger partial charge on any atom is 0.335 e. The molecule has 1 atom stereocenters. The van der Waals surface area contributed by atoms with E-state index in [1.54, 1.807) is 19.1 Å². The molecule has 3 heteroatoms. The molecule has 1 aromatic rings. The van der Waals surface area contributed by atoms with Gasteiger partial charge in [-0.15, -0.1) is 0 Å². The van der Waals surface area contributed by atoms with Crippen LogP contribution in [-0.4, -0.2) is 11.1 Å². The normalized spacial score (nSPS) is 12.5. The fourth-order valence-electron chi connectivity index (χ4n) is 1.51. The van der Waals surface area contributed by atoms with E-state index in [9.17, 15) is 4.79 Å².